The van der Waals surface area contributed by atoms with Crippen LogP contribution >= 0.6 is 0 Å². The first kappa shape index (κ1) is 47.8. The monoisotopic (exact) mass is 875 g/mol. The predicted octanol–water partition coefficient (Wildman–Crippen LogP) is 12.7. The summed E-state index contributed by atoms with van der Waals surface area (Å²) in [7, 11) is 0. The summed E-state index contributed by atoms with van der Waals surface area (Å²) in [6.07, 6.45) is 13.5. The Hall–Kier alpha value is -4.14. The lowest BCUT2D eigenvalue weighted by Gasteiger charge is -2.37. The molecule has 0 amide bonds. The lowest BCUT2D eigenvalue weighted by Crippen LogP contribution is -2.36. The van der Waals surface area contributed by atoms with Gasteiger partial charge in [-0.25, -0.2) is 0 Å². The van der Waals surface area contributed by atoms with Gasteiger partial charge in [-0.3, -0.25) is 19.4 Å². The third kappa shape index (κ3) is 12.8. The number of carbonyl (C=O) groups is 2. The van der Waals surface area contributed by atoms with Gasteiger partial charge in [-0.15, -0.1) is 0 Å². The van der Waals surface area contributed by atoms with Crippen LogP contribution in [0.3, 0.4) is 0 Å². The maximum Gasteiger partial charge on any atom is 0.309 e. The number of esters is 1. The number of rotatable bonds is 11. The van der Waals surface area contributed by atoms with Crippen molar-refractivity contribution in [3.05, 3.63) is 83.9 Å². The number of carbonyl (C=O) groups excluding carboxylic acids is 1. The van der Waals surface area contributed by atoms with Crippen LogP contribution in [0.1, 0.15) is 137 Å². The molecule has 2 saturated heterocycles. The van der Waals surface area contributed by atoms with Gasteiger partial charge in [0.2, 0.25) is 0 Å². The Morgan fingerprint density at radius 1 is 0.562 bits per heavy atom. The molecular weight excluding hydrogens is 797 g/mol. The minimum atomic E-state index is -0.650. The summed E-state index contributed by atoms with van der Waals surface area (Å²) >= 11 is 0. The van der Waals surface area contributed by atoms with E-state index in [0.29, 0.717) is 29.6 Å². The summed E-state index contributed by atoms with van der Waals surface area (Å²) in [5.41, 5.74) is 3.42. The fraction of sp³-hybridized carbons (Fsp3) is 0.607. The van der Waals surface area contributed by atoms with Gasteiger partial charge in [0.05, 0.1) is 30.7 Å². The second-order valence-electron chi connectivity index (χ2n) is 21.7. The summed E-state index contributed by atoms with van der Waals surface area (Å²) in [5, 5.41) is 14.3. The Balaban J connectivity index is 0.000000192. The van der Waals surface area contributed by atoms with E-state index >= 15 is 0 Å². The van der Waals surface area contributed by atoms with E-state index in [0.717, 1.165) is 114 Å². The van der Waals surface area contributed by atoms with Crippen LogP contribution in [-0.4, -0.2) is 71.8 Å². The highest BCUT2D eigenvalue weighted by atomic mass is 16.5. The lowest BCUT2D eigenvalue weighted by molar-refractivity contribution is -0.149. The highest BCUT2D eigenvalue weighted by Crippen LogP contribution is 2.41. The summed E-state index contributed by atoms with van der Waals surface area (Å²) in [6, 6.07) is 26.1. The number of nitrogens with zero attached hydrogens (tertiary/aromatic N) is 2. The van der Waals surface area contributed by atoms with Crippen LogP contribution in [0, 0.1) is 34.5 Å². The van der Waals surface area contributed by atoms with Crippen LogP contribution < -0.4 is 9.47 Å². The number of carboxylic acid groups (broad SMARTS) is 1. The van der Waals surface area contributed by atoms with Gasteiger partial charge in [-0.2, -0.15) is 0 Å². The van der Waals surface area contributed by atoms with Crippen molar-refractivity contribution in [2.45, 2.75) is 151 Å². The molecule has 0 spiro atoms. The first-order valence-electron chi connectivity index (χ1n) is 24.8. The van der Waals surface area contributed by atoms with E-state index in [2.05, 4.69) is 124 Å². The molecule has 0 unspecified atom stereocenters. The van der Waals surface area contributed by atoms with Crippen LogP contribution in [0.2, 0.25) is 0 Å². The summed E-state index contributed by atoms with van der Waals surface area (Å²) in [6.45, 7) is 21.8. The largest absolute Gasteiger partial charge is 0.490 e. The molecular formula is C56H78N2O6. The summed E-state index contributed by atoms with van der Waals surface area (Å²) in [5.74, 6) is 2.76. The molecule has 4 aliphatic rings. The predicted molar refractivity (Wildman–Crippen MR) is 260 cm³/mol. The molecule has 2 saturated carbocycles. The first-order valence-corrected chi connectivity index (χ1v) is 24.8. The second kappa shape index (κ2) is 21.4. The van der Waals surface area contributed by atoms with Crippen molar-refractivity contribution in [3.63, 3.8) is 0 Å². The van der Waals surface area contributed by atoms with Crippen molar-refractivity contribution in [2.75, 3.05) is 32.8 Å². The van der Waals surface area contributed by atoms with Gasteiger partial charge in [-0.1, -0.05) is 90.1 Å². The van der Waals surface area contributed by atoms with E-state index in [-0.39, 0.29) is 17.8 Å². The molecule has 2 aliphatic heterocycles. The number of likely N-dealkylation sites (tertiary alicyclic amines) is 2. The Bertz CT molecular complexity index is 2140. The molecule has 2 heterocycles. The first-order chi connectivity index (χ1) is 30.6. The number of benzene rings is 4. The molecule has 0 radical (unpaired) electrons. The van der Waals surface area contributed by atoms with E-state index in [9.17, 15) is 14.7 Å². The molecule has 0 aromatic heterocycles. The van der Waals surface area contributed by atoms with Crippen LogP contribution in [-0.2, 0) is 27.4 Å². The molecule has 0 bridgehead atoms. The van der Waals surface area contributed by atoms with Gasteiger partial charge in [0.25, 0.3) is 0 Å². The normalized spacial score (nSPS) is 23.3. The molecule has 8 nitrogen and oxygen atoms in total. The van der Waals surface area contributed by atoms with Crippen molar-refractivity contribution < 1.29 is 28.9 Å². The van der Waals surface area contributed by atoms with Crippen molar-refractivity contribution >= 4 is 33.5 Å². The van der Waals surface area contributed by atoms with E-state index < -0.39 is 5.97 Å². The molecule has 4 aromatic carbocycles. The fourth-order valence-corrected chi connectivity index (χ4v) is 10.9. The van der Waals surface area contributed by atoms with E-state index in [1.54, 1.807) is 0 Å². The average Bonchev–Trinajstić information content (AvgIpc) is 3.27. The van der Waals surface area contributed by atoms with Crippen LogP contribution in [0.4, 0.5) is 0 Å². The quantitative estimate of drug-likeness (QED) is 0.149. The van der Waals surface area contributed by atoms with E-state index in [1.165, 1.54) is 58.4 Å². The van der Waals surface area contributed by atoms with Gasteiger partial charge in [0.1, 0.15) is 11.5 Å². The molecule has 1 N–H and O–H groups in total. The number of fused-ring (bicyclic) bond motifs is 2. The summed E-state index contributed by atoms with van der Waals surface area (Å²) < 4.78 is 18.1. The number of ether oxygens (including phenoxy) is 3. The number of piperidine rings is 2. The molecule has 8 heteroatoms. The van der Waals surface area contributed by atoms with Gasteiger partial charge in [-0.05, 0) is 190 Å². The van der Waals surface area contributed by atoms with Crippen LogP contribution in [0.5, 0.6) is 11.5 Å². The summed E-state index contributed by atoms with van der Waals surface area (Å²) in [4.78, 5) is 28.1. The SMILES string of the molecule is CC(C)(C)C1CCC(Oc2ccc3cccc(CN4CCC(C(=O)O)CC4)c3c2)CC1.CCOC(=O)C1CCN(Cc2cccc3ccc(OC4CCC(C(C)(C)C)CC4)cc23)CC1. The zero-order valence-corrected chi connectivity index (χ0v) is 40.2. The zero-order chi connectivity index (χ0) is 45.4. The molecule has 4 fully saturated rings. The lowest BCUT2D eigenvalue weighted by atomic mass is 9.72. The Morgan fingerprint density at radius 2 is 0.969 bits per heavy atom. The Labute approximate surface area is 384 Å². The van der Waals surface area contributed by atoms with Crippen molar-refractivity contribution in [2.24, 2.45) is 34.5 Å². The molecule has 4 aromatic rings. The highest BCUT2D eigenvalue weighted by Gasteiger charge is 2.32. The standard InChI is InChI=1S/C29H41NO3.C27H37NO3/c1-5-32-28(31)22-15-17-30(18-16-22)20-23-8-6-7-21-9-12-26(19-27(21)23)33-25-13-10-24(11-14-25)29(2,3)4;1-27(2,3)22-8-11-23(12-9-22)31-24-10-7-19-5-4-6-21(25(19)17-24)18-28-15-13-20(14-16-28)26(29)30/h6-9,12,19,22,24-25H,5,10-11,13-18,20H2,1-4H3;4-7,10,17,20,22-23H,8-9,11-16,18H2,1-3H3,(H,29,30). The van der Waals surface area contributed by atoms with E-state index in [1.807, 2.05) is 6.92 Å². The van der Waals surface area contributed by atoms with Crippen molar-refractivity contribution in [1.82, 2.24) is 9.80 Å². The smallest absolute Gasteiger partial charge is 0.309 e. The zero-order valence-electron chi connectivity index (χ0n) is 40.2. The number of carboxylic acids is 1. The Kier molecular flexibility index (Phi) is 16.0. The molecule has 2 aliphatic carbocycles. The van der Waals surface area contributed by atoms with Gasteiger partial charge >= 0.3 is 11.9 Å². The minimum absolute atomic E-state index is 0.0272. The van der Waals surface area contributed by atoms with Gasteiger partial charge < -0.3 is 19.3 Å². The topological polar surface area (TPSA) is 88.5 Å². The molecule has 8 rings (SSSR count). The van der Waals surface area contributed by atoms with Gasteiger partial charge in [0.15, 0.2) is 0 Å². The molecule has 0 atom stereocenters. The molecule has 348 valence electrons. The maximum atomic E-state index is 12.1. The Morgan fingerprint density at radius 3 is 1.34 bits per heavy atom. The van der Waals surface area contributed by atoms with Crippen LogP contribution in [0.25, 0.3) is 21.5 Å². The number of aliphatic carboxylic acids is 1. The van der Waals surface area contributed by atoms with Crippen molar-refractivity contribution in [1.29, 1.82) is 0 Å². The molecule has 64 heavy (non-hydrogen) atoms. The fourth-order valence-electron chi connectivity index (χ4n) is 10.9. The maximum absolute atomic E-state index is 12.1. The second-order valence-corrected chi connectivity index (χ2v) is 21.7. The van der Waals surface area contributed by atoms with Gasteiger partial charge in [0, 0.05) is 13.1 Å². The number of hydrogen-bond donors (Lipinski definition) is 1. The minimum Gasteiger partial charge on any atom is -0.490 e. The van der Waals surface area contributed by atoms with E-state index in [4.69, 9.17) is 14.2 Å². The van der Waals surface area contributed by atoms with Crippen LogP contribution in [0.15, 0.2) is 72.8 Å². The number of hydrogen-bond acceptors (Lipinski definition) is 7. The third-order valence-corrected chi connectivity index (χ3v) is 15.2. The van der Waals surface area contributed by atoms with Crippen molar-refractivity contribution in [3.8, 4) is 11.5 Å². The average molecular weight is 875 g/mol. The highest BCUT2D eigenvalue weighted by molar-refractivity contribution is 5.88. The third-order valence-electron chi connectivity index (χ3n) is 15.2.